The normalized spacial score (nSPS) is 14.5. The van der Waals surface area contributed by atoms with Gasteiger partial charge in [-0.1, -0.05) is 0 Å². The van der Waals surface area contributed by atoms with Crippen molar-refractivity contribution in [2.45, 2.75) is 19.1 Å². The smallest absolute Gasteiger partial charge is 0.123 e. The number of aliphatic hydroxyl groups is 1. The summed E-state index contributed by atoms with van der Waals surface area (Å²) < 4.78 is 10.3. The molecule has 0 fully saturated rings. The SMILES string of the molecule is COc1ccc(OC)c(C(N)C(C)O)c1. The summed E-state index contributed by atoms with van der Waals surface area (Å²) in [6.07, 6.45) is -0.633. The molecule has 1 aromatic carbocycles. The average Bonchev–Trinajstić information content (AvgIpc) is 2.27. The highest BCUT2D eigenvalue weighted by Crippen LogP contribution is 2.29. The van der Waals surface area contributed by atoms with Crippen LogP contribution in [0.25, 0.3) is 0 Å². The van der Waals surface area contributed by atoms with Gasteiger partial charge in [-0.2, -0.15) is 0 Å². The van der Waals surface area contributed by atoms with Crippen molar-refractivity contribution in [1.29, 1.82) is 0 Å². The standard InChI is InChI=1S/C11H17NO3/c1-7(13)11(12)9-6-8(14-2)4-5-10(9)15-3/h4-7,11,13H,12H2,1-3H3. The predicted molar refractivity (Wildman–Crippen MR) is 58.2 cm³/mol. The van der Waals surface area contributed by atoms with E-state index in [2.05, 4.69) is 0 Å². The van der Waals surface area contributed by atoms with Gasteiger partial charge >= 0.3 is 0 Å². The summed E-state index contributed by atoms with van der Waals surface area (Å²) in [5.74, 6) is 1.35. The summed E-state index contributed by atoms with van der Waals surface area (Å²) in [7, 11) is 3.15. The number of ether oxygens (including phenoxy) is 2. The molecule has 4 heteroatoms. The highest BCUT2D eigenvalue weighted by Gasteiger charge is 2.17. The molecule has 15 heavy (non-hydrogen) atoms. The molecule has 3 N–H and O–H groups in total. The summed E-state index contributed by atoms with van der Waals surface area (Å²) in [6.45, 7) is 1.64. The summed E-state index contributed by atoms with van der Waals surface area (Å²) in [6, 6.07) is 4.86. The highest BCUT2D eigenvalue weighted by atomic mass is 16.5. The van der Waals surface area contributed by atoms with Gasteiger partial charge in [0, 0.05) is 5.56 Å². The number of aliphatic hydroxyl groups excluding tert-OH is 1. The Kier molecular flexibility index (Phi) is 3.94. The monoisotopic (exact) mass is 211 g/mol. The maximum Gasteiger partial charge on any atom is 0.123 e. The molecule has 0 aliphatic carbocycles. The molecule has 84 valence electrons. The summed E-state index contributed by atoms with van der Waals surface area (Å²) in [5.41, 5.74) is 6.59. The zero-order valence-corrected chi connectivity index (χ0v) is 9.23. The maximum atomic E-state index is 9.44. The van der Waals surface area contributed by atoms with E-state index in [0.717, 1.165) is 5.56 Å². The fourth-order valence-electron chi connectivity index (χ4n) is 1.36. The van der Waals surface area contributed by atoms with Crippen LogP contribution in [-0.2, 0) is 0 Å². The fourth-order valence-corrected chi connectivity index (χ4v) is 1.36. The largest absolute Gasteiger partial charge is 0.497 e. The van der Waals surface area contributed by atoms with Crippen LogP contribution in [0.15, 0.2) is 18.2 Å². The van der Waals surface area contributed by atoms with Gasteiger partial charge in [-0.3, -0.25) is 0 Å². The molecule has 0 amide bonds. The predicted octanol–water partition coefficient (Wildman–Crippen LogP) is 1.08. The Bertz CT molecular complexity index is 326. The molecule has 0 saturated carbocycles. The average molecular weight is 211 g/mol. The van der Waals surface area contributed by atoms with Gasteiger partial charge in [-0.15, -0.1) is 0 Å². The summed E-state index contributed by atoms with van der Waals surface area (Å²) in [4.78, 5) is 0. The first-order chi connectivity index (χ1) is 7.10. The van der Waals surface area contributed by atoms with Crippen molar-refractivity contribution in [2.24, 2.45) is 5.73 Å². The molecule has 2 atom stereocenters. The maximum absolute atomic E-state index is 9.44. The molecule has 0 heterocycles. The summed E-state index contributed by atoms with van der Waals surface area (Å²) >= 11 is 0. The van der Waals surface area contributed by atoms with Crippen molar-refractivity contribution >= 4 is 0 Å². The Morgan fingerprint density at radius 3 is 2.40 bits per heavy atom. The van der Waals surface area contributed by atoms with Crippen LogP contribution in [0.4, 0.5) is 0 Å². The van der Waals surface area contributed by atoms with Crippen LogP contribution in [0.2, 0.25) is 0 Å². The Balaban J connectivity index is 3.11. The van der Waals surface area contributed by atoms with E-state index < -0.39 is 12.1 Å². The van der Waals surface area contributed by atoms with Gasteiger partial charge in [0.1, 0.15) is 11.5 Å². The second kappa shape index (κ2) is 5.00. The van der Waals surface area contributed by atoms with Crippen molar-refractivity contribution in [2.75, 3.05) is 14.2 Å². The fraction of sp³-hybridized carbons (Fsp3) is 0.455. The van der Waals surface area contributed by atoms with Crippen molar-refractivity contribution in [1.82, 2.24) is 0 Å². The third-order valence-electron chi connectivity index (χ3n) is 2.32. The van der Waals surface area contributed by atoms with Crippen LogP contribution < -0.4 is 15.2 Å². The topological polar surface area (TPSA) is 64.7 Å². The van der Waals surface area contributed by atoms with Gasteiger partial charge in [0.15, 0.2) is 0 Å². The van der Waals surface area contributed by atoms with Crippen LogP contribution in [0.3, 0.4) is 0 Å². The first-order valence-corrected chi connectivity index (χ1v) is 4.75. The van der Waals surface area contributed by atoms with E-state index in [1.54, 1.807) is 39.3 Å². The second-order valence-corrected chi connectivity index (χ2v) is 3.37. The van der Waals surface area contributed by atoms with E-state index in [9.17, 15) is 5.11 Å². The third kappa shape index (κ3) is 2.61. The van der Waals surface area contributed by atoms with Gasteiger partial charge in [0.25, 0.3) is 0 Å². The van der Waals surface area contributed by atoms with Gasteiger partial charge in [0.05, 0.1) is 26.4 Å². The lowest BCUT2D eigenvalue weighted by molar-refractivity contribution is 0.162. The molecule has 1 rings (SSSR count). The van der Waals surface area contributed by atoms with Crippen LogP contribution in [0.1, 0.15) is 18.5 Å². The van der Waals surface area contributed by atoms with E-state index in [-0.39, 0.29) is 0 Å². The van der Waals surface area contributed by atoms with E-state index >= 15 is 0 Å². The van der Waals surface area contributed by atoms with Crippen LogP contribution >= 0.6 is 0 Å². The number of benzene rings is 1. The van der Waals surface area contributed by atoms with E-state index in [1.807, 2.05) is 0 Å². The van der Waals surface area contributed by atoms with Crippen molar-refractivity contribution in [3.05, 3.63) is 23.8 Å². The number of rotatable bonds is 4. The minimum atomic E-state index is -0.633. The number of methoxy groups -OCH3 is 2. The van der Waals surface area contributed by atoms with E-state index in [1.165, 1.54) is 0 Å². The number of hydrogen-bond donors (Lipinski definition) is 2. The van der Waals surface area contributed by atoms with Gasteiger partial charge in [-0.25, -0.2) is 0 Å². The first-order valence-electron chi connectivity index (χ1n) is 4.75. The third-order valence-corrected chi connectivity index (χ3v) is 2.32. The van der Waals surface area contributed by atoms with Gasteiger partial charge < -0.3 is 20.3 Å². The molecule has 0 radical (unpaired) electrons. The molecule has 1 aromatic rings. The lowest BCUT2D eigenvalue weighted by atomic mass is 10.0. The molecule has 0 saturated heterocycles. The number of hydrogen-bond acceptors (Lipinski definition) is 4. The minimum Gasteiger partial charge on any atom is -0.497 e. The Morgan fingerprint density at radius 1 is 1.27 bits per heavy atom. The number of nitrogens with two attached hydrogens (primary N) is 1. The van der Waals surface area contributed by atoms with Gasteiger partial charge in [0.2, 0.25) is 0 Å². The zero-order valence-electron chi connectivity index (χ0n) is 9.23. The molecule has 0 spiro atoms. The minimum absolute atomic E-state index is 0.477. The van der Waals surface area contributed by atoms with Crippen LogP contribution in [-0.4, -0.2) is 25.4 Å². The highest BCUT2D eigenvalue weighted by molar-refractivity contribution is 5.42. The van der Waals surface area contributed by atoms with E-state index in [4.69, 9.17) is 15.2 Å². The molecule has 4 nitrogen and oxygen atoms in total. The summed E-state index contributed by atoms with van der Waals surface area (Å²) in [5, 5.41) is 9.44. The van der Waals surface area contributed by atoms with Crippen LogP contribution in [0, 0.1) is 0 Å². The first kappa shape index (κ1) is 11.8. The lowest BCUT2D eigenvalue weighted by Gasteiger charge is -2.18. The van der Waals surface area contributed by atoms with Crippen molar-refractivity contribution < 1.29 is 14.6 Å². The van der Waals surface area contributed by atoms with Crippen molar-refractivity contribution in [3.63, 3.8) is 0 Å². The molecule has 0 aromatic heterocycles. The molecular formula is C11H17NO3. The molecule has 0 bridgehead atoms. The Labute approximate surface area is 89.6 Å². The molecule has 0 aliphatic rings. The Morgan fingerprint density at radius 2 is 1.93 bits per heavy atom. The quantitative estimate of drug-likeness (QED) is 0.782. The second-order valence-electron chi connectivity index (χ2n) is 3.37. The molecule has 0 aliphatic heterocycles. The van der Waals surface area contributed by atoms with E-state index in [0.29, 0.717) is 11.5 Å². The Hall–Kier alpha value is -1.26. The molecular weight excluding hydrogens is 194 g/mol. The van der Waals surface area contributed by atoms with Crippen LogP contribution in [0.5, 0.6) is 11.5 Å². The lowest BCUT2D eigenvalue weighted by Crippen LogP contribution is -2.23. The van der Waals surface area contributed by atoms with Gasteiger partial charge in [-0.05, 0) is 25.1 Å². The molecule has 2 unspecified atom stereocenters. The van der Waals surface area contributed by atoms with Crippen molar-refractivity contribution in [3.8, 4) is 11.5 Å². The zero-order chi connectivity index (χ0) is 11.4.